The van der Waals surface area contributed by atoms with Gasteiger partial charge in [0.1, 0.15) is 5.82 Å². The van der Waals surface area contributed by atoms with Crippen molar-refractivity contribution in [1.29, 1.82) is 0 Å². The Labute approximate surface area is 176 Å². The summed E-state index contributed by atoms with van der Waals surface area (Å²) < 4.78 is 47.8. The van der Waals surface area contributed by atoms with Gasteiger partial charge >= 0.3 is 6.08 Å². The van der Waals surface area contributed by atoms with E-state index in [4.69, 9.17) is 9.47 Å². The summed E-state index contributed by atoms with van der Waals surface area (Å²) in [5.74, 6) is -0.321. The van der Waals surface area contributed by atoms with Gasteiger partial charge < -0.3 is 9.47 Å². The van der Waals surface area contributed by atoms with Crippen molar-refractivity contribution in [1.82, 2.24) is 0 Å². The van der Waals surface area contributed by atoms with Crippen molar-refractivity contribution in [3.8, 4) is 0 Å². The summed E-state index contributed by atoms with van der Waals surface area (Å²) >= 11 is 0. The second-order valence-electron chi connectivity index (χ2n) is 6.91. The van der Waals surface area contributed by atoms with E-state index in [-0.39, 0.29) is 23.3 Å². The summed E-state index contributed by atoms with van der Waals surface area (Å²) in [7, 11) is -1.76. The lowest BCUT2D eigenvalue weighted by Crippen LogP contribution is -2.08. The van der Waals surface area contributed by atoms with Crippen LogP contribution < -0.4 is 0 Å². The SMILES string of the molecule is CCO/C(=N\CC1=C(C)C(=Cc2ccc(S(C)(=O)=O)cc2)c2ccc(F)cc21)OC. The molecule has 0 atom stereocenters. The third kappa shape index (κ3) is 4.62. The molecule has 0 aliphatic heterocycles. The maximum atomic E-state index is 14.0. The highest BCUT2D eigenvalue weighted by atomic mass is 32.2. The highest BCUT2D eigenvalue weighted by molar-refractivity contribution is 7.90. The van der Waals surface area contributed by atoms with Crippen LogP contribution in [-0.2, 0) is 19.3 Å². The van der Waals surface area contributed by atoms with Gasteiger partial charge in [0.05, 0.1) is 25.2 Å². The topological polar surface area (TPSA) is 65.0 Å². The first kappa shape index (κ1) is 21.8. The molecule has 0 saturated heterocycles. The van der Waals surface area contributed by atoms with Crippen LogP contribution in [0.2, 0.25) is 0 Å². The van der Waals surface area contributed by atoms with Gasteiger partial charge in [-0.2, -0.15) is 0 Å². The number of rotatable bonds is 5. The van der Waals surface area contributed by atoms with Gasteiger partial charge in [0.2, 0.25) is 0 Å². The fourth-order valence-electron chi connectivity index (χ4n) is 3.37. The van der Waals surface area contributed by atoms with Crippen molar-refractivity contribution in [2.75, 3.05) is 26.5 Å². The first-order chi connectivity index (χ1) is 14.2. The molecule has 1 aliphatic carbocycles. The summed E-state index contributed by atoms with van der Waals surface area (Å²) in [6.45, 7) is 4.53. The molecular weight excluding hydrogens is 405 g/mol. The van der Waals surface area contributed by atoms with Crippen molar-refractivity contribution in [3.05, 3.63) is 70.5 Å². The van der Waals surface area contributed by atoms with E-state index < -0.39 is 9.84 Å². The van der Waals surface area contributed by atoms with Crippen LogP contribution in [0, 0.1) is 5.82 Å². The average molecular weight is 430 g/mol. The minimum absolute atomic E-state index is 0.185. The standard InChI is InChI=1S/C23H24FNO4S/c1-5-29-23(28-3)25-14-22-15(2)20(19-11-8-17(24)13-21(19)22)12-16-6-9-18(10-7-16)30(4,26)27/h6-13H,5,14H2,1-4H3/b20-12?,25-23-. The number of hydrogen-bond acceptors (Lipinski definition) is 5. The van der Waals surface area contributed by atoms with Crippen LogP contribution in [-0.4, -0.2) is 41.0 Å². The molecule has 0 aromatic heterocycles. The van der Waals surface area contributed by atoms with Crippen molar-refractivity contribution in [2.45, 2.75) is 18.7 Å². The average Bonchev–Trinajstić information content (AvgIpc) is 2.95. The minimum Gasteiger partial charge on any atom is -0.454 e. The molecule has 2 aromatic rings. The molecule has 0 spiro atoms. The molecule has 0 fully saturated rings. The Bertz CT molecular complexity index is 1150. The van der Waals surface area contributed by atoms with E-state index in [1.54, 1.807) is 30.3 Å². The van der Waals surface area contributed by atoms with Crippen LogP contribution in [0.4, 0.5) is 4.39 Å². The van der Waals surface area contributed by atoms with Crippen LogP contribution in [0.5, 0.6) is 0 Å². The fraction of sp³-hybridized carbons (Fsp3) is 0.261. The number of benzene rings is 2. The Morgan fingerprint density at radius 3 is 2.43 bits per heavy atom. The van der Waals surface area contributed by atoms with Gasteiger partial charge in [-0.1, -0.05) is 18.2 Å². The summed E-state index contributed by atoms with van der Waals surface area (Å²) in [4.78, 5) is 4.64. The van der Waals surface area contributed by atoms with E-state index in [1.807, 2.05) is 19.9 Å². The number of nitrogens with zero attached hydrogens (tertiary/aromatic N) is 1. The number of allylic oxidation sites excluding steroid dienone is 2. The summed E-state index contributed by atoms with van der Waals surface area (Å²) in [5.41, 5.74) is 5.33. The maximum absolute atomic E-state index is 14.0. The smallest absolute Gasteiger partial charge is 0.383 e. The van der Waals surface area contributed by atoms with Gasteiger partial charge in [-0.25, -0.2) is 17.8 Å². The predicted octanol–water partition coefficient (Wildman–Crippen LogP) is 4.60. The number of hydrogen-bond donors (Lipinski definition) is 0. The van der Waals surface area contributed by atoms with Gasteiger partial charge in [-0.15, -0.1) is 0 Å². The molecule has 158 valence electrons. The van der Waals surface area contributed by atoms with Crippen molar-refractivity contribution < 1.29 is 22.3 Å². The van der Waals surface area contributed by atoms with Gasteiger partial charge in [-0.05, 0) is 77.6 Å². The highest BCUT2D eigenvalue weighted by Crippen LogP contribution is 2.42. The highest BCUT2D eigenvalue weighted by Gasteiger charge is 2.24. The van der Waals surface area contributed by atoms with Crippen molar-refractivity contribution in [3.63, 3.8) is 0 Å². The zero-order chi connectivity index (χ0) is 21.9. The first-order valence-corrected chi connectivity index (χ1v) is 11.4. The zero-order valence-electron chi connectivity index (χ0n) is 17.4. The number of halogens is 1. The minimum atomic E-state index is -3.25. The molecule has 0 radical (unpaired) electrons. The molecule has 1 aliphatic rings. The Balaban J connectivity index is 2.04. The molecule has 30 heavy (non-hydrogen) atoms. The Kier molecular flexibility index (Phi) is 6.41. The predicted molar refractivity (Wildman–Crippen MR) is 117 cm³/mol. The van der Waals surface area contributed by atoms with E-state index >= 15 is 0 Å². The van der Waals surface area contributed by atoms with E-state index in [0.29, 0.717) is 6.61 Å². The molecule has 0 N–H and O–H groups in total. The van der Waals surface area contributed by atoms with Gasteiger partial charge in [0.15, 0.2) is 9.84 Å². The van der Waals surface area contributed by atoms with E-state index in [9.17, 15) is 12.8 Å². The van der Waals surface area contributed by atoms with Crippen molar-refractivity contribution in [2.24, 2.45) is 4.99 Å². The number of fused-ring (bicyclic) bond motifs is 1. The van der Waals surface area contributed by atoms with Gasteiger partial charge in [0.25, 0.3) is 0 Å². The molecule has 5 nitrogen and oxygen atoms in total. The second-order valence-corrected chi connectivity index (χ2v) is 8.93. The summed E-state index contributed by atoms with van der Waals surface area (Å²) in [6.07, 6.45) is 3.33. The maximum Gasteiger partial charge on any atom is 0.383 e. The third-order valence-corrected chi connectivity index (χ3v) is 6.01. The molecule has 0 heterocycles. The number of sulfone groups is 1. The van der Waals surface area contributed by atoms with Crippen LogP contribution in [0.1, 0.15) is 30.5 Å². The van der Waals surface area contributed by atoms with Gasteiger partial charge in [0, 0.05) is 6.26 Å². The summed E-state index contributed by atoms with van der Waals surface area (Å²) in [5, 5.41) is 0. The molecular formula is C23H24FNO4S. The number of methoxy groups -OCH3 is 1. The molecule has 0 amide bonds. The van der Waals surface area contributed by atoms with Gasteiger partial charge in [-0.3, -0.25) is 0 Å². The Morgan fingerprint density at radius 2 is 1.83 bits per heavy atom. The molecule has 2 aromatic carbocycles. The zero-order valence-corrected chi connectivity index (χ0v) is 18.2. The van der Waals surface area contributed by atoms with E-state index in [1.165, 1.54) is 25.5 Å². The molecule has 0 bridgehead atoms. The second kappa shape index (κ2) is 8.83. The van der Waals surface area contributed by atoms with Crippen LogP contribution in [0.3, 0.4) is 0 Å². The monoisotopic (exact) mass is 429 g/mol. The molecule has 3 rings (SSSR count). The first-order valence-electron chi connectivity index (χ1n) is 9.48. The van der Waals surface area contributed by atoms with Crippen LogP contribution >= 0.6 is 0 Å². The largest absolute Gasteiger partial charge is 0.454 e. The van der Waals surface area contributed by atoms with Crippen LogP contribution in [0.25, 0.3) is 17.2 Å². The van der Waals surface area contributed by atoms with E-state index in [0.717, 1.165) is 33.4 Å². The Morgan fingerprint density at radius 1 is 1.13 bits per heavy atom. The number of aliphatic imine (C=N–C) groups is 1. The number of ether oxygens (including phenoxy) is 2. The lowest BCUT2D eigenvalue weighted by Gasteiger charge is -2.07. The molecule has 0 unspecified atom stereocenters. The molecule has 0 saturated carbocycles. The van der Waals surface area contributed by atoms with E-state index in [2.05, 4.69) is 4.99 Å². The van der Waals surface area contributed by atoms with Crippen LogP contribution in [0.15, 0.2) is 57.9 Å². The lowest BCUT2D eigenvalue weighted by molar-refractivity contribution is 0.207. The lowest BCUT2D eigenvalue weighted by atomic mass is 10.0. The quantitative estimate of drug-likeness (QED) is 0.515. The Hall–Kier alpha value is -2.93. The fourth-order valence-corrected chi connectivity index (χ4v) is 4.00. The van der Waals surface area contributed by atoms with Crippen molar-refractivity contribution >= 4 is 33.1 Å². The normalized spacial score (nSPS) is 15.5. The third-order valence-electron chi connectivity index (χ3n) is 4.88. The summed E-state index contributed by atoms with van der Waals surface area (Å²) in [6, 6.07) is 11.4. The molecule has 7 heteroatoms.